The number of benzene rings is 2. The Kier molecular flexibility index (Phi) is 7.00. The molecule has 1 aromatic heterocycles. The van der Waals surface area contributed by atoms with E-state index in [-0.39, 0.29) is 17.9 Å². The number of likely N-dealkylation sites (tertiary alicyclic amines) is 1. The van der Waals surface area contributed by atoms with Crippen LogP contribution in [0.1, 0.15) is 57.8 Å². The van der Waals surface area contributed by atoms with E-state index in [1.165, 1.54) is 0 Å². The van der Waals surface area contributed by atoms with Crippen LogP contribution >= 0.6 is 0 Å². The molecule has 0 spiro atoms. The molecule has 0 radical (unpaired) electrons. The largest absolute Gasteiger partial charge is 0.352 e. The van der Waals surface area contributed by atoms with Crippen molar-refractivity contribution in [2.75, 3.05) is 13.1 Å². The Morgan fingerprint density at radius 1 is 1.06 bits per heavy atom. The molecule has 1 fully saturated rings. The molecule has 1 unspecified atom stereocenters. The van der Waals surface area contributed by atoms with Gasteiger partial charge in [0.05, 0.1) is 0 Å². The van der Waals surface area contributed by atoms with Crippen molar-refractivity contribution in [3.8, 4) is 0 Å². The molecule has 0 aliphatic carbocycles. The summed E-state index contributed by atoms with van der Waals surface area (Å²) in [6.07, 6.45) is 7.57. The van der Waals surface area contributed by atoms with E-state index < -0.39 is 0 Å². The van der Waals surface area contributed by atoms with Crippen LogP contribution in [0.2, 0.25) is 0 Å². The van der Waals surface area contributed by atoms with E-state index in [0.717, 1.165) is 49.2 Å². The lowest BCUT2D eigenvalue weighted by atomic mass is 9.97. The number of imidazole rings is 1. The van der Waals surface area contributed by atoms with Gasteiger partial charge in [-0.3, -0.25) is 9.59 Å². The van der Waals surface area contributed by atoms with Crippen LogP contribution in [0.4, 0.5) is 0 Å². The number of aryl methyl sites for hydroxylation is 1. The van der Waals surface area contributed by atoms with Gasteiger partial charge in [-0.15, -0.1) is 0 Å². The van der Waals surface area contributed by atoms with Gasteiger partial charge in [0.2, 0.25) is 0 Å². The quantitative estimate of drug-likeness (QED) is 0.615. The third kappa shape index (κ3) is 5.07. The highest BCUT2D eigenvalue weighted by atomic mass is 16.2. The predicted octanol–water partition coefficient (Wildman–Crippen LogP) is 4.05. The van der Waals surface area contributed by atoms with Crippen molar-refractivity contribution in [1.29, 1.82) is 0 Å². The van der Waals surface area contributed by atoms with Crippen LogP contribution < -0.4 is 5.32 Å². The van der Waals surface area contributed by atoms with Crippen molar-refractivity contribution >= 4 is 11.8 Å². The number of aromatic nitrogens is 2. The highest BCUT2D eigenvalue weighted by Gasteiger charge is 2.28. The lowest BCUT2D eigenvalue weighted by Crippen LogP contribution is -2.45. The predicted molar refractivity (Wildman–Crippen MR) is 125 cm³/mol. The molecule has 1 aliphatic heterocycles. The smallest absolute Gasteiger partial charge is 0.254 e. The van der Waals surface area contributed by atoms with Gasteiger partial charge in [-0.25, -0.2) is 4.98 Å². The van der Waals surface area contributed by atoms with Gasteiger partial charge in [0, 0.05) is 49.2 Å². The first-order chi connectivity index (χ1) is 15.6. The van der Waals surface area contributed by atoms with Crippen molar-refractivity contribution in [2.45, 2.75) is 45.2 Å². The maximum Gasteiger partial charge on any atom is 0.254 e. The SMILES string of the molecule is Cc1nccn1Cc1ccccc1C(=O)N1CCCCC1CCNC(=O)c1ccccc1. The maximum absolute atomic E-state index is 13.6. The number of piperidine rings is 1. The minimum absolute atomic E-state index is 0.0691. The summed E-state index contributed by atoms with van der Waals surface area (Å²) in [5.74, 6) is 0.940. The Morgan fingerprint density at radius 2 is 1.84 bits per heavy atom. The van der Waals surface area contributed by atoms with Crippen LogP contribution in [-0.2, 0) is 6.54 Å². The van der Waals surface area contributed by atoms with Gasteiger partial charge in [-0.05, 0) is 56.4 Å². The molecule has 3 aromatic rings. The normalized spacial score (nSPS) is 16.0. The second-order valence-corrected chi connectivity index (χ2v) is 8.32. The van der Waals surface area contributed by atoms with E-state index in [0.29, 0.717) is 18.7 Å². The minimum atomic E-state index is -0.0691. The number of amides is 2. The Balaban J connectivity index is 1.43. The van der Waals surface area contributed by atoms with Crippen LogP contribution in [0, 0.1) is 6.92 Å². The van der Waals surface area contributed by atoms with E-state index in [1.807, 2.05) is 72.6 Å². The number of nitrogens with one attached hydrogen (secondary N) is 1. The Morgan fingerprint density at radius 3 is 2.62 bits per heavy atom. The van der Waals surface area contributed by atoms with Crippen molar-refractivity contribution in [1.82, 2.24) is 19.8 Å². The van der Waals surface area contributed by atoms with Gasteiger partial charge in [-0.2, -0.15) is 0 Å². The van der Waals surface area contributed by atoms with Crippen molar-refractivity contribution in [3.05, 3.63) is 89.5 Å². The summed E-state index contributed by atoms with van der Waals surface area (Å²) in [6.45, 7) is 3.90. The highest BCUT2D eigenvalue weighted by molar-refractivity contribution is 5.96. The van der Waals surface area contributed by atoms with Crippen molar-refractivity contribution < 1.29 is 9.59 Å². The Hall–Kier alpha value is -3.41. The van der Waals surface area contributed by atoms with Gasteiger partial charge >= 0.3 is 0 Å². The summed E-state index contributed by atoms with van der Waals surface area (Å²) in [4.78, 5) is 32.2. The minimum Gasteiger partial charge on any atom is -0.352 e. The number of hydrogen-bond donors (Lipinski definition) is 1. The lowest BCUT2D eigenvalue weighted by molar-refractivity contribution is 0.0600. The second-order valence-electron chi connectivity index (χ2n) is 8.32. The molecule has 1 aliphatic rings. The summed E-state index contributed by atoms with van der Waals surface area (Å²) in [6, 6.07) is 17.2. The summed E-state index contributed by atoms with van der Waals surface area (Å²) in [7, 11) is 0. The molecule has 1 atom stereocenters. The topological polar surface area (TPSA) is 67.2 Å². The molecule has 1 N–H and O–H groups in total. The molecular formula is C26H30N4O2. The number of rotatable bonds is 7. The molecule has 4 rings (SSSR count). The third-order valence-corrected chi connectivity index (χ3v) is 6.20. The third-order valence-electron chi connectivity index (χ3n) is 6.20. The van der Waals surface area contributed by atoms with Gasteiger partial charge in [0.15, 0.2) is 0 Å². The summed E-state index contributed by atoms with van der Waals surface area (Å²) >= 11 is 0. The lowest BCUT2D eigenvalue weighted by Gasteiger charge is -2.36. The zero-order valence-corrected chi connectivity index (χ0v) is 18.5. The molecule has 2 amide bonds. The molecule has 1 saturated heterocycles. The van der Waals surface area contributed by atoms with Crippen LogP contribution in [-0.4, -0.2) is 45.4 Å². The second kappa shape index (κ2) is 10.3. The Bertz CT molecular complexity index is 1060. The van der Waals surface area contributed by atoms with Crippen LogP contribution in [0.15, 0.2) is 67.0 Å². The maximum atomic E-state index is 13.6. The van der Waals surface area contributed by atoms with Crippen molar-refractivity contribution in [3.63, 3.8) is 0 Å². The molecule has 2 aromatic carbocycles. The van der Waals surface area contributed by atoms with E-state index in [4.69, 9.17) is 0 Å². The number of nitrogens with zero attached hydrogens (tertiary/aromatic N) is 3. The number of hydrogen-bond acceptors (Lipinski definition) is 3. The number of carbonyl (C=O) groups excluding carboxylic acids is 2. The molecule has 6 heteroatoms. The standard InChI is InChI=1S/C26H30N4O2/c1-20-27-16-18-29(20)19-22-11-5-6-13-24(22)26(32)30-17-8-7-12-23(30)14-15-28-25(31)21-9-3-2-4-10-21/h2-6,9-11,13,16,18,23H,7-8,12,14-15,17,19H2,1H3,(H,28,31). The number of carbonyl (C=O) groups is 2. The molecular weight excluding hydrogens is 400 g/mol. The van der Waals surface area contributed by atoms with Crippen LogP contribution in [0.25, 0.3) is 0 Å². The van der Waals surface area contributed by atoms with Gasteiger partial charge < -0.3 is 14.8 Å². The van der Waals surface area contributed by atoms with E-state index in [9.17, 15) is 9.59 Å². The summed E-state index contributed by atoms with van der Waals surface area (Å²) in [5.41, 5.74) is 2.41. The van der Waals surface area contributed by atoms with Crippen LogP contribution in [0.5, 0.6) is 0 Å². The van der Waals surface area contributed by atoms with Gasteiger partial charge in [0.25, 0.3) is 11.8 Å². The average molecular weight is 431 g/mol. The molecule has 0 saturated carbocycles. The first-order valence-corrected chi connectivity index (χ1v) is 11.3. The monoisotopic (exact) mass is 430 g/mol. The van der Waals surface area contributed by atoms with Gasteiger partial charge in [0.1, 0.15) is 5.82 Å². The molecule has 32 heavy (non-hydrogen) atoms. The fourth-order valence-corrected chi connectivity index (χ4v) is 4.39. The first kappa shape index (κ1) is 21.8. The zero-order valence-electron chi connectivity index (χ0n) is 18.5. The fraction of sp³-hybridized carbons (Fsp3) is 0.346. The molecule has 2 heterocycles. The summed E-state index contributed by atoms with van der Waals surface area (Å²) in [5, 5.41) is 3.01. The fourth-order valence-electron chi connectivity index (χ4n) is 4.39. The highest BCUT2D eigenvalue weighted by Crippen LogP contribution is 2.24. The summed E-state index contributed by atoms with van der Waals surface area (Å²) < 4.78 is 2.05. The van der Waals surface area contributed by atoms with E-state index in [2.05, 4.69) is 14.9 Å². The average Bonchev–Trinajstić information content (AvgIpc) is 3.24. The van der Waals surface area contributed by atoms with E-state index >= 15 is 0 Å². The Labute approximate surface area is 189 Å². The van der Waals surface area contributed by atoms with Gasteiger partial charge in [-0.1, -0.05) is 36.4 Å². The van der Waals surface area contributed by atoms with Crippen molar-refractivity contribution in [2.24, 2.45) is 0 Å². The van der Waals surface area contributed by atoms with E-state index in [1.54, 1.807) is 6.20 Å². The molecule has 166 valence electrons. The molecule has 0 bridgehead atoms. The van der Waals surface area contributed by atoms with Crippen LogP contribution in [0.3, 0.4) is 0 Å². The molecule has 6 nitrogen and oxygen atoms in total. The zero-order chi connectivity index (χ0) is 22.3. The first-order valence-electron chi connectivity index (χ1n) is 11.3.